The van der Waals surface area contributed by atoms with Crippen LogP contribution < -0.4 is 11.2 Å². The Morgan fingerprint density at radius 1 is 0.850 bits per heavy atom. The van der Waals surface area contributed by atoms with E-state index < -0.39 is 11.2 Å². The molecule has 1 heterocycles. The highest BCUT2D eigenvalue weighted by Gasteiger charge is 2.11. The summed E-state index contributed by atoms with van der Waals surface area (Å²) in [6.07, 6.45) is 0. The normalized spacial score (nSPS) is 10.4. The van der Waals surface area contributed by atoms with E-state index in [9.17, 15) is 9.59 Å². The highest BCUT2D eigenvalue weighted by molar-refractivity contribution is 5.57. The van der Waals surface area contributed by atoms with E-state index in [4.69, 9.17) is 0 Å². The molecular weight excluding hydrogens is 254 g/mol. The molecule has 0 spiro atoms. The third kappa shape index (κ3) is 2.05. The molecule has 0 radical (unpaired) electrons. The van der Waals surface area contributed by atoms with Gasteiger partial charge in [-0.2, -0.15) is 5.10 Å². The van der Waals surface area contributed by atoms with Crippen LogP contribution in [0.3, 0.4) is 0 Å². The van der Waals surface area contributed by atoms with E-state index in [1.54, 1.807) is 36.4 Å². The van der Waals surface area contributed by atoms with Gasteiger partial charge in [-0.15, -0.1) is 0 Å². The Kier molecular flexibility index (Phi) is 3.01. The number of para-hydroxylation sites is 1. The lowest BCUT2D eigenvalue weighted by Crippen LogP contribution is -2.35. The number of benzene rings is 2. The Morgan fingerprint density at radius 2 is 1.45 bits per heavy atom. The Bertz CT molecular complexity index is 836. The van der Waals surface area contributed by atoms with Gasteiger partial charge in [-0.3, -0.25) is 4.79 Å². The predicted molar refractivity (Wildman–Crippen MR) is 75.9 cm³/mol. The monoisotopic (exact) mass is 265 g/mol. The molecule has 0 aliphatic carbocycles. The number of hydrogen-bond acceptors (Lipinski definition) is 3. The van der Waals surface area contributed by atoms with Gasteiger partial charge in [0.2, 0.25) is 0 Å². The van der Waals surface area contributed by atoms with Crippen LogP contribution in [-0.2, 0) is 0 Å². The second-order valence-electron chi connectivity index (χ2n) is 4.22. The highest BCUT2D eigenvalue weighted by atomic mass is 16.2. The Balaban J connectivity index is 2.28. The number of aromatic amines is 1. The SMILES string of the molecule is O=c1[nH]nc(-c2ccccc2)c(=O)n1-c1ccccc1. The molecule has 0 saturated heterocycles. The van der Waals surface area contributed by atoms with Crippen molar-refractivity contribution in [2.75, 3.05) is 0 Å². The van der Waals surface area contributed by atoms with Crippen LogP contribution in [0.25, 0.3) is 16.9 Å². The fourth-order valence-corrected chi connectivity index (χ4v) is 2.00. The molecular formula is C15H11N3O2. The van der Waals surface area contributed by atoms with Crippen molar-refractivity contribution < 1.29 is 0 Å². The van der Waals surface area contributed by atoms with Crippen LogP contribution >= 0.6 is 0 Å². The zero-order valence-electron chi connectivity index (χ0n) is 10.5. The van der Waals surface area contributed by atoms with Crippen LogP contribution in [0.5, 0.6) is 0 Å². The molecule has 0 aliphatic rings. The van der Waals surface area contributed by atoms with E-state index in [0.29, 0.717) is 11.3 Å². The summed E-state index contributed by atoms with van der Waals surface area (Å²) in [5.74, 6) is 0. The minimum absolute atomic E-state index is 0.217. The molecule has 0 aliphatic heterocycles. The third-order valence-corrected chi connectivity index (χ3v) is 2.93. The van der Waals surface area contributed by atoms with Gasteiger partial charge in [-0.25, -0.2) is 14.5 Å². The molecule has 0 fully saturated rings. The van der Waals surface area contributed by atoms with Crippen LogP contribution in [-0.4, -0.2) is 14.8 Å². The lowest BCUT2D eigenvalue weighted by molar-refractivity contribution is 0.804. The van der Waals surface area contributed by atoms with Gasteiger partial charge in [0.05, 0.1) is 5.69 Å². The van der Waals surface area contributed by atoms with E-state index in [-0.39, 0.29) is 5.69 Å². The van der Waals surface area contributed by atoms with Crippen molar-refractivity contribution in [3.05, 3.63) is 81.5 Å². The number of nitrogens with zero attached hydrogens (tertiary/aromatic N) is 2. The maximum atomic E-state index is 12.5. The first-order valence-electron chi connectivity index (χ1n) is 6.10. The number of H-pyrrole nitrogens is 1. The summed E-state index contributed by atoms with van der Waals surface area (Å²) < 4.78 is 1.08. The maximum absolute atomic E-state index is 12.5. The van der Waals surface area contributed by atoms with Crippen molar-refractivity contribution in [2.24, 2.45) is 0 Å². The second kappa shape index (κ2) is 4.97. The van der Waals surface area contributed by atoms with Crippen LogP contribution in [0.4, 0.5) is 0 Å². The maximum Gasteiger partial charge on any atom is 0.349 e. The average Bonchev–Trinajstić information content (AvgIpc) is 2.49. The first kappa shape index (κ1) is 12.1. The summed E-state index contributed by atoms with van der Waals surface area (Å²) in [5.41, 5.74) is 0.401. The summed E-state index contributed by atoms with van der Waals surface area (Å²) in [5, 5.41) is 6.23. The largest absolute Gasteiger partial charge is 0.349 e. The fraction of sp³-hybridized carbons (Fsp3) is 0. The molecule has 98 valence electrons. The van der Waals surface area contributed by atoms with Gasteiger partial charge in [-0.1, -0.05) is 48.5 Å². The topological polar surface area (TPSA) is 67.8 Å². The number of nitrogens with one attached hydrogen (secondary N) is 1. The van der Waals surface area contributed by atoms with E-state index in [1.165, 1.54) is 0 Å². The average molecular weight is 265 g/mol. The van der Waals surface area contributed by atoms with E-state index in [0.717, 1.165) is 4.57 Å². The molecule has 1 aromatic heterocycles. The second-order valence-corrected chi connectivity index (χ2v) is 4.22. The standard InChI is InChI=1S/C15H11N3O2/c19-14-13(11-7-3-1-4-8-11)16-17-15(20)18(14)12-9-5-2-6-10-12/h1-10H,(H,17,20). The molecule has 2 aromatic carbocycles. The van der Waals surface area contributed by atoms with Gasteiger partial charge in [0.25, 0.3) is 5.56 Å². The summed E-state index contributed by atoms with van der Waals surface area (Å²) >= 11 is 0. The Morgan fingerprint density at radius 3 is 2.10 bits per heavy atom. The van der Waals surface area contributed by atoms with Gasteiger partial charge < -0.3 is 0 Å². The zero-order valence-corrected chi connectivity index (χ0v) is 10.5. The van der Waals surface area contributed by atoms with Crippen molar-refractivity contribution in [3.8, 4) is 16.9 Å². The minimum Gasteiger partial charge on any atom is -0.266 e. The van der Waals surface area contributed by atoms with E-state index in [1.807, 2.05) is 24.3 Å². The van der Waals surface area contributed by atoms with Crippen molar-refractivity contribution in [1.82, 2.24) is 14.8 Å². The number of rotatable bonds is 2. The molecule has 3 rings (SSSR count). The lowest BCUT2D eigenvalue weighted by atomic mass is 10.2. The Labute approximate surface area is 114 Å². The smallest absolute Gasteiger partial charge is 0.266 e. The number of aromatic nitrogens is 3. The predicted octanol–water partition coefficient (Wildman–Crippen LogP) is 1.59. The zero-order chi connectivity index (χ0) is 13.9. The molecule has 5 heteroatoms. The minimum atomic E-state index is -0.555. The first-order valence-corrected chi connectivity index (χ1v) is 6.10. The molecule has 0 atom stereocenters. The quantitative estimate of drug-likeness (QED) is 0.765. The van der Waals surface area contributed by atoms with Crippen molar-refractivity contribution in [1.29, 1.82) is 0 Å². The van der Waals surface area contributed by atoms with Crippen LogP contribution in [0.15, 0.2) is 70.3 Å². The summed E-state index contributed by atoms with van der Waals surface area (Å²) in [6, 6.07) is 17.8. The summed E-state index contributed by atoms with van der Waals surface area (Å²) in [4.78, 5) is 24.3. The highest BCUT2D eigenvalue weighted by Crippen LogP contribution is 2.11. The van der Waals surface area contributed by atoms with Crippen LogP contribution in [0.1, 0.15) is 0 Å². The van der Waals surface area contributed by atoms with Gasteiger partial charge in [0, 0.05) is 5.56 Å². The van der Waals surface area contributed by atoms with Crippen LogP contribution in [0, 0.1) is 0 Å². The summed E-state index contributed by atoms with van der Waals surface area (Å²) in [7, 11) is 0. The van der Waals surface area contributed by atoms with E-state index >= 15 is 0 Å². The molecule has 5 nitrogen and oxygen atoms in total. The molecule has 0 saturated carbocycles. The third-order valence-electron chi connectivity index (χ3n) is 2.93. The molecule has 0 unspecified atom stereocenters. The fourth-order valence-electron chi connectivity index (χ4n) is 2.00. The van der Waals surface area contributed by atoms with Gasteiger partial charge in [0.1, 0.15) is 0 Å². The molecule has 3 aromatic rings. The number of hydrogen-bond donors (Lipinski definition) is 1. The molecule has 0 amide bonds. The molecule has 0 bridgehead atoms. The van der Waals surface area contributed by atoms with Gasteiger partial charge in [0.15, 0.2) is 5.69 Å². The van der Waals surface area contributed by atoms with Crippen molar-refractivity contribution in [3.63, 3.8) is 0 Å². The molecule has 20 heavy (non-hydrogen) atoms. The van der Waals surface area contributed by atoms with Gasteiger partial charge in [-0.05, 0) is 12.1 Å². The lowest BCUT2D eigenvalue weighted by Gasteiger charge is -2.06. The van der Waals surface area contributed by atoms with E-state index in [2.05, 4.69) is 10.2 Å². The first-order chi connectivity index (χ1) is 9.77. The van der Waals surface area contributed by atoms with Crippen molar-refractivity contribution >= 4 is 0 Å². The molecule has 1 N–H and O–H groups in total. The van der Waals surface area contributed by atoms with Crippen molar-refractivity contribution in [2.45, 2.75) is 0 Å². The van der Waals surface area contributed by atoms with Gasteiger partial charge >= 0.3 is 5.69 Å². The Hall–Kier alpha value is -2.95. The summed E-state index contributed by atoms with van der Waals surface area (Å²) in [6.45, 7) is 0. The van der Waals surface area contributed by atoms with Crippen LogP contribution in [0.2, 0.25) is 0 Å².